The summed E-state index contributed by atoms with van der Waals surface area (Å²) in [4.78, 5) is 4.51. The summed E-state index contributed by atoms with van der Waals surface area (Å²) in [7, 11) is 0. The van der Waals surface area contributed by atoms with Crippen LogP contribution in [-0.4, -0.2) is 16.7 Å². The van der Waals surface area contributed by atoms with Gasteiger partial charge in [-0.2, -0.15) is 0 Å². The Labute approximate surface area is 145 Å². The highest BCUT2D eigenvalue weighted by molar-refractivity contribution is 5.84. The second kappa shape index (κ2) is 5.32. The lowest BCUT2D eigenvalue weighted by Gasteiger charge is -2.35. The van der Waals surface area contributed by atoms with Gasteiger partial charge in [0.25, 0.3) is 0 Å². The number of nitrogens with zero attached hydrogens (tertiary/aromatic N) is 3. The van der Waals surface area contributed by atoms with Crippen molar-refractivity contribution in [2.45, 2.75) is 26.4 Å². The van der Waals surface area contributed by atoms with E-state index in [1.807, 2.05) is 38.2 Å². The van der Waals surface area contributed by atoms with Gasteiger partial charge in [0, 0.05) is 18.3 Å². The van der Waals surface area contributed by atoms with Crippen molar-refractivity contribution in [3.8, 4) is 16.9 Å². The molecule has 0 saturated carbocycles. The fourth-order valence-corrected chi connectivity index (χ4v) is 3.77. The average molecular weight is 334 g/mol. The van der Waals surface area contributed by atoms with Crippen LogP contribution in [0, 0.1) is 13.8 Å². The van der Waals surface area contributed by atoms with Gasteiger partial charge < -0.3 is 9.26 Å². The van der Waals surface area contributed by atoms with Crippen LogP contribution in [0.3, 0.4) is 0 Å². The molecule has 2 aromatic heterocycles. The predicted octanol–water partition coefficient (Wildman–Crippen LogP) is 3.31. The number of nitrogens with one attached hydrogen (secondary N) is 1. The van der Waals surface area contributed by atoms with Crippen molar-refractivity contribution in [3.63, 3.8) is 0 Å². The third-order valence-corrected chi connectivity index (χ3v) is 4.92. The van der Waals surface area contributed by atoms with Gasteiger partial charge in [-0.15, -0.1) is 0 Å². The standard InChI is InChI=1S/C19H18N4O2/c1-11-17(12(2)25-22-11)14-7-6-13-9-21-23-16(10-24-19(14)18(13)23)15-5-3-4-8-20-15/h3-8,16,21H,9-10H2,1-2H3. The molecule has 0 amide bonds. The van der Waals surface area contributed by atoms with E-state index < -0.39 is 0 Å². The SMILES string of the molecule is Cc1noc(C)c1-c1ccc2c3c1OCC(c1ccccn1)N3NC2. The van der Waals surface area contributed by atoms with Gasteiger partial charge in [0.2, 0.25) is 0 Å². The molecule has 2 aliphatic heterocycles. The van der Waals surface area contributed by atoms with Gasteiger partial charge in [0.1, 0.15) is 24.1 Å². The molecular formula is C19H18N4O2. The van der Waals surface area contributed by atoms with Crippen molar-refractivity contribution in [1.82, 2.24) is 15.6 Å². The zero-order valence-electron chi connectivity index (χ0n) is 14.1. The Morgan fingerprint density at radius 1 is 1.20 bits per heavy atom. The minimum absolute atomic E-state index is 0.0508. The first-order chi connectivity index (χ1) is 12.2. The highest BCUT2D eigenvalue weighted by Gasteiger charge is 2.37. The van der Waals surface area contributed by atoms with Crippen molar-refractivity contribution < 1.29 is 9.26 Å². The van der Waals surface area contributed by atoms with Crippen molar-refractivity contribution in [2.75, 3.05) is 11.6 Å². The van der Waals surface area contributed by atoms with E-state index in [1.165, 1.54) is 5.56 Å². The smallest absolute Gasteiger partial charge is 0.152 e. The summed E-state index contributed by atoms with van der Waals surface area (Å²) in [6.45, 7) is 5.22. The Morgan fingerprint density at radius 2 is 2.12 bits per heavy atom. The van der Waals surface area contributed by atoms with E-state index >= 15 is 0 Å². The van der Waals surface area contributed by atoms with Crippen molar-refractivity contribution in [1.29, 1.82) is 0 Å². The molecule has 1 unspecified atom stereocenters. The van der Waals surface area contributed by atoms with Crippen LogP contribution >= 0.6 is 0 Å². The Hall–Kier alpha value is -2.86. The number of hydrazine groups is 1. The molecule has 1 atom stereocenters. The normalized spacial score (nSPS) is 18.2. The van der Waals surface area contributed by atoms with E-state index in [1.54, 1.807) is 0 Å². The lowest BCUT2D eigenvalue weighted by atomic mass is 9.98. The Bertz CT molecular complexity index is 932. The average Bonchev–Trinajstić information content (AvgIpc) is 3.22. The highest BCUT2D eigenvalue weighted by atomic mass is 16.5. The topological polar surface area (TPSA) is 63.4 Å². The van der Waals surface area contributed by atoms with Gasteiger partial charge in [0.15, 0.2) is 5.75 Å². The molecule has 0 fully saturated rings. The van der Waals surface area contributed by atoms with Crippen LogP contribution in [0.1, 0.15) is 28.8 Å². The van der Waals surface area contributed by atoms with E-state index in [0.29, 0.717) is 6.61 Å². The molecule has 1 N–H and O–H groups in total. The molecule has 25 heavy (non-hydrogen) atoms. The molecule has 2 aliphatic rings. The van der Waals surface area contributed by atoms with Gasteiger partial charge in [-0.3, -0.25) is 9.99 Å². The van der Waals surface area contributed by atoms with Gasteiger partial charge in [-0.25, -0.2) is 5.43 Å². The maximum absolute atomic E-state index is 6.26. The highest BCUT2D eigenvalue weighted by Crippen LogP contribution is 2.49. The van der Waals surface area contributed by atoms with E-state index in [2.05, 4.69) is 32.7 Å². The van der Waals surface area contributed by atoms with Crippen LogP contribution < -0.4 is 15.2 Å². The number of ether oxygens (including phenoxy) is 1. The summed E-state index contributed by atoms with van der Waals surface area (Å²) < 4.78 is 11.6. The first kappa shape index (κ1) is 14.5. The number of hydrogen-bond donors (Lipinski definition) is 1. The largest absolute Gasteiger partial charge is 0.488 e. The minimum Gasteiger partial charge on any atom is -0.488 e. The first-order valence-electron chi connectivity index (χ1n) is 8.39. The molecule has 4 heterocycles. The molecule has 3 aromatic rings. The number of benzene rings is 1. The quantitative estimate of drug-likeness (QED) is 0.776. The molecule has 0 saturated heterocycles. The zero-order chi connectivity index (χ0) is 17.0. The molecule has 0 aliphatic carbocycles. The van der Waals surface area contributed by atoms with Crippen LogP contribution in [0.2, 0.25) is 0 Å². The number of rotatable bonds is 2. The Morgan fingerprint density at radius 3 is 2.88 bits per heavy atom. The molecule has 6 nitrogen and oxygen atoms in total. The lowest BCUT2D eigenvalue weighted by Crippen LogP contribution is -2.42. The summed E-state index contributed by atoms with van der Waals surface area (Å²) in [5, 5.41) is 6.28. The van der Waals surface area contributed by atoms with E-state index in [9.17, 15) is 0 Å². The zero-order valence-corrected chi connectivity index (χ0v) is 14.1. The predicted molar refractivity (Wildman–Crippen MR) is 93.2 cm³/mol. The molecule has 126 valence electrons. The second-order valence-corrected chi connectivity index (χ2v) is 6.44. The van der Waals surface area contributed by atoms with Crippen LogP contribution in [0.5, 0.6) is 5.75 Å². The lowest BCUT2D eigenvalue weighted by molar-refractivity contribution is 0.256. The van der Waals surface area contributed by atoms with Crippen LogP contribution in [0.15, 0.2) is 41.1 Å². The van der Waals surface area contributed by atoms with Crippen LogP contribution in [0.4, 0.5) is 5.69 Å². The summed E-state index contributed by atoms with van der Waals surface area (Å²) >= 11 is 0. The number of hydrogen-bond acceptors (Lipinski definition) is 6. The van der Waals surface area contributed by atoms with Crippen LogP contribution in [0.25, 0.3) is 11.1 Å². The van der Waals surface area contributed by atoms with E-state index in [0.717, 1.165) is 46.3 Å². The fraction of sp³-hybridized carbons (Fsp3) is 0.263. The van der Waals surface area contributed by atoms with Crippen molar-refractivity contribution >= 4 is 5.69 Å². The minimum atomic E-state index is 0.0508. The summed E-state index contributed by atoms with van der Waals surface area (Å²) in [5.41, 5.74) is 9.73. The maximum atomic E-state index is 6.26. The molecular weight excluding hydrogens is 316 g/mol. The molecule has 6 heteroatoms. The number of aromatic nitrogens is 2. The second-order valence-electron chi connectivity index (χ2n) is 6.44. The Balaban J connectivity index is 1.66. The third kappa shape index (κ3) is 2.07. The number of pyridine rings is 1. The molecule has 1 aromatic carbocycles. The summed E-state index contributed by atoms with van der Waals surface area (Å²) in [6.07, 6.45) is 1.82. The monoisotopic (exact) mass is 334 g/mol. The Kier molecular flexibility index (Phi) is 3.08. The molecule has 5 rings (SSSR count). The van der Waals surface area contributed by atoms with Gasteiger partial charge in [0.05, 0.1) is 17.0 Å². The number of anilines is 1. The van der Waals surface area contributed by atoms with Gasteiger partial charge in [-0.1, -0.05) is 17.3 Å². The molecule has 0 radical (unpaired) electrons. The van der Waals surface area contributed by atoms with Crippen molar-refractivity contribution in [2.24, 2.45) is 0 Å². The van der Waals surface area contributed by atoms with Crippen molar-refractivity contribution in [3.05, 3.63) is 59.2 Å². The van der Waals surface area contributed by atoms with Crippen LogP contribution in [-0.2, 0) is 6.54 Å². The summed E-state index contributed by atoms with van der Waals surface area (Å²) in [5.74, 6) is 1.70. The fourth-order valence-electron chi connectivity index (χ4n) is 3.77. The molecule has 0 bridgehead atoms. The van der Waals surface area contributed by atoms with Gasteiger partial charge >= 0.3 is 0 Å². The third-order valence-electron chi connectivity index (χ3n) is 4.92. The van der Waals surface area contributed by atoms with E-state index in [4.69, 9.17) is 9.26 Å². The molecule has 0 spiro atoms. The summed E-state index contributed by atoms with van der Waals surface area (Å²) in [6, 6.07) is 10.3. The number of aryl methyl sites for hydroxylation is 2. The first-order valence-corrected chi connectivity index (χ1v) is 8.39. The maximum Gasteiger partial charge on any atom is 0.152 e. The van der Waals surface area contributed by atoms with Gasteiger partial charge in [-0.05, 0) is 37.6 Å². The van der Waals surface area contributed by atoms with E-state index in [-0.39, 0.29) is 6.04 Å².